The van der Waals surface area contributed by atoms with Crippen LogP contribution in [-0.2, 0) is 12.4 Å². The number of rotatable bonds is 6. The molecule has 0 atom stereocenters. The first kappa shape index (κ1) is 29.5. The smallest absolute Gasteiger partial charge is 0.362 e. The number of alkyl halides is 6. The lowest BCUT2D eigenvalue weighted by atomic mass is 9.86. The summed E-state index contributed by atoms with van der Waals surface area (Å²) in [6, 6.07) is 1.01. The van der Waals surface area contributed by atoms with E-state index in [-0.39, 0.29) is 37.0 Å². The molecule has 0 bridgehead atoms. The van der Waals surface area contributed by atoms with Gasteiger partial charge < -0.3 is 15.5 Å². The topological polar surface area (TPSA) is 70.1 Å². The lowest BCUT2D eigenvalue weighted by Crippen LogP contribution is -2.34. The Morgan fingerprint density at radius 2 is 1.56 bits per heavy atom. The molecule has 1 aliphatic carbocycles. The molecule has 0 unspecified atom stereocenters. The second-order valence-electron chi connectivity index (χ2n) is 8.96. The highest BCUT2D eigenvalue weighted by atomic mass is 35.5. The van der Waals surface area contributed by atoms with Gasteiger partial charge in [-0.3, -0.25) is 4.79 Å². The molecular weight excluding hydrogens is 512 g/mol. The van der Waals surface area contributed by atoms with Crippen LogP contribution in [0.4, 0.5) is 38.1 Å². The predicted octanol–water partition coefficient (Wildman–Crippen LogP) is 5.71. The van der Waals surface area contributed by atoms with Crippen molar-refractivity contribution in [2.45, 2.75) is 51.0 Å². The first-order valence-corrected chi connectivity index (χ1v) is 11.1. The third-order valence-corrected chi connectivity index (χ3v) is 5.95. The SMILES string of the molecule is Cc1cnc(NC2CCC(CNC(=O)c3cc(C(F)(F)F)cc(C(F)(F)F)c3)CC2)nc1N(C)C.Cl. The first-order valence-electron chi connectivity index (χ1n) is 11.1. The molecule has 1 heterocycles. The zero-order valence-electron chi connectivity index (χ0n) is 19.9. The molecule has 1 fully saturated rings. The van der Waals surface area contributed by atoms with Gasteiger partial charge in [0, 0.05) is 44.0 Å². The number of hydrogen-bond donors (Lipinski definition) is 2. The summed E-state index contributed by atoms with van der Waals surface area (Å²) >= 11 is 0. The maximum atomic E-state index is 13.0. The van der Waals surface area contributed by atoms with Gasteiger partial charge in [-0.2, -0.15) is 31.3 Å². The normalized spacial score (nSPS) is 18.2. The average Bonchev–Trinajstić information content (AvgIpc) is 2.78. The zero-order valence-corrected chi connectivity index (χ0v) is 20.7. The van der Waals surface area contributed by atoms with E-state index in [0.29, 0.717) is 18.1 Å². The quantitative estimate of drug-likeness (QED) is 0.460. The summed E-state index contributed by atoms with van der Waals surface area (Å²) in [4.78, 5) is 23.1. The summed E-state index contributed by atoms with van der Waals surface area (Å²) in [5.74, 6) is 0.413. The van der Waals surface area contributed by atoms with E-state index in [0.717, 1.165) is 37.1 Å². The Kier molecular flexibility index (Phi) is 9.44. The molecular formula is C23H28ClF6N5O. The van der Waals surface area contributed by atoms with Crippen LogP contribution in [0.3, 0.4) is 0 Å². The molecule has 0 spiro atoms. The molecule has 200 valence electrons. The van der Waals surface area contributed by atoms with Gasteiger partial charge in [0.2, 0.25) is 5.95 Å². The van der Waals surface area contributed by atoms with Crippen LogP contribution in [0, 0.1) is 12.8 Å². The van der Waals surface area contributed by atoms with Crippen molar-refractivity contribution in [2.75, 3.05) is 30.9 Å². The van der Waals surface area contributed by atoms with Gasteiger partial charge in [-0.15, -0.1) is 12.4 Å². The largest absolute Gasteiger partial charge is 0.416 e. The van der Waals surface area contributed by atoms with E-state index in [1.54, 1.807) is 6.20 Å². The Labute approximate surface area is 211 Å². The fourth-order valence-electron chi connectivity index (χ4n) is 4.07. The number of aromatic nitrogens is 2. The molecule has 1 aliphatic rings. The average molecular weight is 540 g/mol. The molecule has 3 rings (SSSR count). The summed E-state index contributed by atoms with van der Waals surface area (Å²) in [5, 5.41) is 5.80. The van der Waals surface area contributed by atoms with Crippen molar-refractivity contribution in [1.29, 1.82) is 0 Å². The number of nitrogens with one attached hydrogen (secondary N) is 2. The van der Waals surface area contributed by atoms with Crippen LogP contribution < -0.4 is 15.5 Å². The van der Waals surface area contributed by atoms with Crippen LogP contribution in [0.15, 0.2) is 24.4 Å². The molecule has 1 amide bonds. The van der Waals surface area contributed by atoms with Crippen LogP contribution in [-0.4, -0.2) is 42.6 Å². The maximum Gasteiger partial charge on any atom is 0.416 e. The van der Waals surface area contributed by atoms with Crippen LogP contribution in [0.5, 0.6) is 0 Å². The van der Waals surface area contributed by atoms with Crippen molar-refractivity contribution in [1.82, 2.24) is 15.3 Å². The summed E-state index contributed by atoms with van der Waals surface area (Å²) in [5.41, 5.74) is -2.75. The van der Waals surface area contributed by atoms with Gasteiger partial charge in [0.25, 0.3) is 5.91 Å². The molecule has 0 radical (unpaired) electrons. The molecule has 2 aromatic rings. The zero-order chi connectivity index (χ0) is 26.0. The van der Waals surface area contributed by atoms with Crippen molar-refractivity contribution >= 4 is 30.1 Å². The molecule has 1 aromatic carbocycles. The molecule has 1 saturated carbocycles. The highest BCUT2D eigenvalue weighted by Gasteiger charge is 2.37. The highest BCUT2D eigenvalue weighted by Crippen LogP contribution is 2.36. The summed E-state index contributed by atoms with van der Waals surface area (Å²) < 4.78 is 78.2. The van der Waals surface area contributed by atoms with E-state index in [2.05, 4.69) is 20.6 Å². The molecule has 0 aliphatic heterocycles. The van der Waals surface area contributed by atoms with E-state index in [4.69, 9.17) is 0 Å². The third-order valence-electron chi connectivity index (χ3n) is 5.95. The molecule has 0 saturated heterocycles. The lowest BCUT2D eigenvalue weighted by molar-refractivity contribution is -0.143. The number of nitrogens with zero attached hydrogens (tertiary/aromatic N) is 3. The summed E-state index contributed by atoms with van der Waals surface area (Å²) in [7, 11) is 3.78. The van der Waals surface area contributed by atoms with Crippen LogP contribution in [0.1, 0.15) is 52.7 Å². The molecule has 2 N–H and O–H groups in total. The van der Waals surface area contributed by atoms with Gasteiger partial charge in [-0.05, 0) is 56.7 Å². The Morgan fingerprint density at radius 1 is 1.00 bits per heavy atom. The third kappa shape index (κ3) is 7.62. The number of halogens is 7. The predicted molar refractivity (Wildman–Crippen MR) is 126 cm³/mol. The van der Waals surface area contributed by atoms with Gasteiger partial charge in [0.15, 0.2) is 0 Å². The fourth-order valence-corrected chi connectivity index (χ4v) is 4.07. The number of benzene rings is 1. The van der Waals surface area contributed by atoms with Crippen LogP contribution >= 0.6 is 12.4 Å². The minimum absolute atomic E-state index is 0. The summed E-state index contributed by atoms with van der Waals surface area (Å²) in [6.07, 6.45) is -5.30. The van der Waals surface area contributed by atoms with Gasteiger partial charge in [-0.25, -0.2) is 4.98 Å². The second kappa shape index (κ2) is 11.5. The van der Waals surface area contributed by atoms with E-state index >= 15 is 0 Å². The first-order chi connectivity index (χ1) is 16.2. The second-order valence-corrected chi connectivity index (χ2v) is 8.96. The molecule has 6 nitrogen and oxygen atoms in total. The number of aryl methyl sites for hydroxylation is 1. The van der Waals surface area contributed by atoms with Crippen molar-refractivity contribution in [3.8, 4) is 0 Å². The van der Waals surface area contributed by atoms with Crippen molar-refractivity contribution in [2.24, 2.45) is 5.92 Å². The van der Waals surface area contributed by atoms with Crippen LogP contribution in [0.2, 0.25) is 0 Å². The highest BCUT2D eigenvalue weighted by molar-refractivity contribution is 5.94. The monoisotopic (exact) mass is 539 g/mol. The number of anilines is 2. The maximum absolute atomic E-state index is 13.0. The van der Waals surface area contributed by atoms with Crippen molar-refractivity contribution in [3.05, 3.63) is 46.6 Å². The Morgan fingerprint density at radius 3 is 2.06 bits per heavy atom. The van der Waals surface area contributed by atoms with E-state index < -0.39 is 35.0 Å². The number of carbonyl (C=O) groups excluding carboxylic acids is 1. The van der Waals surface area contributed by atoms with E-state index in [1.807, 2.05) is 25.9 Å². The Balaban J connectivity index is 0.00000456. The van der Waals surface area contributed by atoms with Gasteiger partial charge in [0.1, 0.15) is 5.82 Å². The minimum atomic E-state index is -5.00. The van der Waals surface area contributed by atoms with Crippen LogP contribution in [0.25, 0.3) is 0 Å². The van der Waals surface area contributed by atoms with E-state index in [9.17, 15) is 31.1 Å². The van der Waals surface area contributed by atoms with Gasteiger partial charge in [0.05, 0.1) is 11.1 Å². The minimum Gasteiger partial charge on any atom is -0.362 e. The van der Waals surface area contributed by atoms with Gasteiger partial charge >= 0.3 is 12.4 Å². The lowest BCUT2D eigenvalue weighted by Gasteiger charge is -2.29. The Bertz CT molecular complexity index is 1020. The molecule has 36 heavy (non-hydrogen) atoms. The number of carbonyl (C=O) groups is 1. The fraction of sp³-hybridized carbons (Fsp3) is 0.522. The van der Waals surface area contributed by atoms with Gasteiger partial charge in [-0.1, -0.05) is 0 Å². The standard InChI is InChI=1S/C23H27F6N5O.ClH/c1-13-11-31-21(33-19(13)34(2)3)32-18-6-4-14(5-7-18)12-30-20(35)15-8-16(22(24,25)26)10-17(9-15)23(27,28)29;/h8-11,14,18H,4-7,12H2,1-3H3,(H,30,35)(H,31,32,33);1H. The molecule has 13 heteroatoms. The number of hydrogen-bond acceptors (Lipinski definition) is 5. The van der Waals surface area contributed by atoms with Crippen molar-refractivity contribution in [3.63, 3.8) is 0 Å². The van der Waals surface area contributed by atoms with Crippen molar-refractivity contribution < 1.29 is 31.1 Å². The number of amides is 1. The van der Waals surface area contributed by atoms with E-state index in [1.165, 1.54) is 0 Å². The Hall–Kier alpha value is -2.76. The molecule has 1 aromatic heterocycles. The summed E-state index contributed by atoms with van der Waals surface area (Å²) in [6.45, 7) is 2.08.